The molecule has 0 saturated carbocycles. The molecule has 7 heteroatoms. The molecular weight excluding hydrogens is 529 g/mol. The molecule has 1 amide bonds. The van der Waals surface area contributed by atoms with Crippen molar-refractivity contribution in [3.05, 3.63) is 107 Å². The molecule has 1 N–H and O–H groups in total. The number of thiophene rings is 1. The van der Waals surface area contributed by atoms with Crippen LogP contribution in [0, 0.1) is 6.92 Å². The molecule has 0 atom stereocenters. The van der Waals surface area contributed by atoms with Gasteiger partial charge in [0.2, 0.25) is 0 Å². The van der Waals surface area contributed by atoms with Crippen LogP contribution in [-0.4, -0.2) is 25.1 Å². The van der Waals surface area contributed by atoms with Crippen molar-refractivity contribution in [1.82, 2.24) is 0 Å². The zero-order chi connectivity index (χ0) is 23.3. The topological polar surface area (TPSA) is 55.4 Å². The van der Waals surface area contributed by atoms with Crippen molar-refractivity contribution in [3.63, 3.8) is 0 Å². The number of rotatable bonds is 7. The number of benzene rings is 3. The van der Waals surface area contributed by atoms with E-state index in [-0.39, 0.29) is 29.1 Å². The van der Waals surface area contributed by atoms with Gasteiger partial charge >= 0.3 is 5.97 Å². The summed E-state index contributed by atoms with van der Waals surface area (Å²) in [7, 11) is -0.966. The number of carbonyl (C=O) groups excluding carboxylic acids is 2. The third-order valence-electron chi connectivity index (χ3n) is 5.58. The van der Waals surface area contributed by atoms with E-state index in [0.717, 1.165) is 21.5 Å². The van der Waals surface area contributed by atoms with Crippen molar-refractivity contribution in [3.8, 4) is 0 Å². The summed E-state index contributed by atoms with van der Waals surface area (Å²) >= 11 is 1.28. The van der Waals surface area contributed by atoms with E-state index in [1.807, 2.05) is 66.9 Å². The fourth-order valence-electron chi connectivity index (χ4n) is 4.01. The molecule has 1 aromatic heterocycles. The van der Waals surface area contributed by atoms with Gasteiger partial charge in [-0.1, -0.05) is 54.6 Å². The third kappa shape index (κ3) is 5.15. The Balaban J connectivity index is 0.00000324. The summed E-state index contributed by atoms with van der Waals surface area (Å²) in [6, 6.07) is 30.7. The van der Waals surface area contributed by atoms with Gasteiger partial charge in [0.25, 0.3) is 5.91 Å². The second kappa shape index (κ2) is 11.6. The van der Waals surface area contributed by atoms with Crippen LogP contribution in [0.25, 0.3) is 0 Å². The Hall–Kier alpha value is -2.79. The minimum Gasteiger partial charge on any atom is -0.465 e. The highest BCUT2D eigenvalue weighted by Crippen LogP contribution is 2.55. The summed E-state index contributed by atoms with van der Waals surface area (Å²) in [6.45, 7) is 1.88. The lowest BCUT2D eigenvalue weighted by Gasteiger charge is -2.27. The lowest BCUT2D eigenvalue weighted by molar-refractivity contribution is -0.113. The van der Waals surface area contributed by atoms with Gasteiger partial charge in [-0.3, -0.25) is 4.79 Å². The highest BCUT2D eigenvalue weighted by Gasteiger charge is 2.47. The van der Waals surface area contributed by atoms with Crippen LogP contribution in [0.3, 0.4) is 0 Å². The molecule has 3 aromatic carbocycles. The lowest BCUT2D eigenvalue weighted by Crippen LogP contribution is -2.37. The van der Waals surface area contributed by atoms with Crippen LogP contribution in [0.5, 0.6) is 0 Å². The predicted molar refractivity (Wildman–Crippen MR) is 149 cm³/mol. The maximum absolute atomic E-state index is 13.6. The summed E-state index contributed by atoms with van der Waals surface area (Å²) in [5.74, 6) is -0.579. The Kier molecular flexibility index (Phi) is 8.78. The van der Waals surface area contributed by atoms with Gasteiger partial charge < -0.3 is 10.1 Å². The quantitative estimate of drug-likeness (QED) is 0.247. The normalized spacial score (nSPS) is 10.8. The van der Waals surface area contributed by atoms with E-state index in [4.69, 9.17) is 4.74 Å². The molecular formula is C27H26BrNO3PS+. The molecule has 0 spiro atoms. The summed E-state index contributed by atoms with van der Waals surface area (Å²) in [5, 5.41) is 8.29. The van der Waals surface area contributed by atoms with E-state index in [9.17, 15) is 9.59 Å². The van der Waals surface area contributed by atoms with E-state index in [0.29, 0.717) is 10.6 Å². The van der Waals surface area contributed by atoms with Gasteiger partial charge in [0, 0.05) is 0 Å². The number of methoxy groups -OCH3 is 1. The number of anilines is 1. The molecule has 0 aliphatic rings. The highest BCUT2D eigenvalue weighted by atomic mass is 79.9. The van der Waals surface area contributed by atoms with Gasteiger partial charge in [-0.2, -0.15) is 0 Å². The number of nitrogens with one attached hydrogen (secondary N) is 1. The summed E-state index contributed by atoms with van der Waals surface area (Å²) < 4.78 is 4.91. The number of halogens is 1. The fraction of sp³-hybridized carbons (Fsp3) is 0.111. The summed E-state index contributed by atoms with van der Waals surface area (Å²) in [5.41, 5.74) is 1.38. The SMILES string of the molecule is Br.COC(=O)c1scc(C)c1NC(=O)C[P+](c1ccccc1)(c1ccccc1)c1ccccc1. The Labute approximate surface area is 215 Å². The van der Waals surface area contributed by atoms with Crippen LogP contribution >= 0.6 is 35.6 Å². The number of esters is 1. The average Bonchev–Trinajstić information content (AvgIpc) is 3.23. The van der Waals surface area contributed by atoms with E-state index < -0.39 is 13.2 Å². The van der Waals surface area contributed by atoms with Gasteiger partial charge in [-0.25, -0.2) is 4.79 Å². The van der Waals surface area contributed by atoms with Crippen molar-refractivity contribution >= 4 is 69.1 Å². The molecule has 0 saturated heterocycles. The van der Waals surface area contributed by atoms with Crippen LogP contribution in [0.1, 0.15) is 15.2 Å². The monoisotopic (exact) mass is 554 g/mol. The van der Waals surface area contributed by atoms with Gasteiger partial charge in [-0.15, -0.1) is 28.3 Å². The van der Waals surface area contributed by atoms with Crippen LogP contribution < -0.4 is 21.2 Å². The first-order valence-corrected chi connectivity index (χ1v) is 13.4. The second-order valence-electron chi connectivity index (χ2n) is 7.64. The van der Waals surface area contributed by atoms with Crippen LogP contribution in [0.2, 0.25) is 0 Å². The van der Waals surface area contributed by atoms with Crippen LogP contribution in [0.15, 0.2) is 96.4 Å². The van der Waals surface area contributed by atoms with Gasteiger partial charge in [-0.05, 0) is 54.3 Å². The molecule has 4 aromatic rings. The molecule has 4 nitrogen and oxygen atoms in total. The largest absolute Gasteiger partial charge is 0.465 e. The smallest absolute Gasteiger partial charge is 0.350 e. The number of hydrogen-bond acceptors (Lipinski definition) is 4. The minimum atomic E-state index is -2.31. The summed E-state index contributed by atoms with van der Waals surface area (Å²) in [6.07, 6.45) is 0.279. The standard InChI is InChI=1S/C27H24NO3PS.BrH/c1-20-19-33-26(27(30)31-2)25(20)28-24(29)18-32(21-12-6-3-7-13-21,22-14-8-4-9-15-22)23-16-10-5-11-17-23;/h3-17,19H,18H2,1-2H3;1H/p+1. The number of carbonyl (C=O) groups is 2. The van der Waals surface area contributed by atoms with Crippen LogP contribution in [0.4, 0.5) is 5.69 Å². The first kappa shape index (κ1) is 25.8. The first-order chi connectivity index (χ1) is 16.1. The van der Waals surface area contributed by atoms with Crippen molar-refractivity contribution in [1.29, 1.82) is 0 Å². The van der Waals surface area contributed by atoms with Crippen LogP contribution in [-0.2, 0) is 9.53 Å². The number of ether oxygens (including phenoxy) is 1. The molecule has 0 bridgehead atoms. The van der Waals surface area contributed by atoms with E-state index >= 15 is 0 Å². The zero-order valence-electron chi connectivity index (χ0n) is 18.9. The molecule has 174 valence electrons. The van der Waals surface area contributed by atoms with Crippen molar-refractivity contribution in [2.45, 2.75) is 6.92 Å². The Morgan fingerprint density at radius 1 is 0.824 bits per heavy atom. The van der Waals surface area contributed by atoms with Gasteiger partial charge in [0.05, 0.1) is 12.8 Å². The fourth-order valence-corrected chi connectivity index (χ4v) is 8.92. The van der Waals surface area contributed by atoms with E-state index in [2.05, 4.69) is 41.7 Å². The number of hydrogen-bond donors (Lipinski definition) is 1. The van der Waals surface area contributed by atoms with Crippen molar-refractivity contribution < 1.29 is 14.3 Å². The first-order valence-electron chi connectivity index (χ1n) is 10.6. The predicted octanol–water partition coefficient (Wildman–Crippen LogP) is 5.35. The minimum absolute atomic E-state index is 0. The third-order valence-corrected chi connectivity index (χ3v) is 11.0. The zero-order valence-corrected chi connectivity index (χ0v) is 22.4. The number of amides is 1. The molecule has 0 radical (unpaired) electrons. The maximum Gasteiger partial charge on any atom is 0.350 e. The average molecular weight is 555 g/mol. The maximum atomic E-state index is 13.6. The lowest BCUT2D eigenvalue weighted by atomic mass is 10.2. The van der Waals surface area contributed by atoms with Gasteiger partial charge in [0.1, 0.15) is 28.1 Å². The highest BCUT2D eigenvalue weighted by molar-refractivity contribution is 8.93. The molecule has 0 unspecified atom stereocenters. The summed E-state index contributed by atoms with van der Waals surface area (Å²) in [4.78, 5) is 26.3. The molecule has 0 aliphatic carbocycles. The Morgan fingerprint density at radius 2 is 1.26 bits per heavy atom. The van der Waals surface area contributed by atoms with E-state index in [1.165, 1.54) is 18.4 Å². The molecule has 0 fully saturated rings. The Bertz CT molecular complexity index is 1150. The number of aryl methyl sites for hydroxylation is 1. The second-order valence-corrected chi connectivity index (χ2v) is 12.0. The Morgan fingerprint density at radius 3 is 1.68 bits per heavy atom. The van der Waals surface area contributed by atoms with E-state index in [1.54, 1.807) is 0 Å². The van der Waals surface area contributed by atoms with Crippen molar-refractivity contribution in [2.75, 3.05) is 18.6 Å². The van der Waals surface area contributed by atoms with Crippen molar-refractivity contribution in [2.24, 2.45) is 0 Å². The molecule has 0 aliphatic heterocycles. The molecule has 34 heavy (non-hydrogen) atoms. The molecule has 4 rings (SSSR count). The van der Waals surface area contributed by atoms with Gasteiger partial charge in [0.15, 0.2) is 6.16 Å². The molecule has 1 heterocycles.